The smallest absolute Gasteiger partial charge is 0.205 e. The number of nitrogens with zero attached hydrogens (tertiary/aromatic N) is 2. The molecule has 0 spiro atoms. The summed E-state index contributed by atoms with van der Waals surface area (Å²) < 4.78 is 5.41. The highest BCUT2D eigenvalue weighted by molar-refractivity contribution is 7.21. The average molecular weight is 380 g/mol. The average Bonchev–Trinajstić information content (AvgIpc) is 2.96. The molecule has 2 heterocycles. The summed E-state index contributed by atoms with van der Waals surface area (Å²) in [5.74, 6) is 0.687. The lowest BCUT2D eigenvalue weighted by Crippen LogP contribution is -2.05. The van der Waals surface area contributed by atoms with Gasteiger partial charge in [-0.1, -0.05) is 13.8 Å². The number of hydrogen-bond donors (Lipinski definition) is 2. The Bertz CT molecular complexity index is 1060. The number of carbonyl (C=O) groups is 1. The number of nitrogens with two attached hydrogens (primary N) is 2. The molecule has 7 heteroatoms. The lowest BCUT2D eigenvalue weighted by Gasteiger charge is -2.12. The third-order valence-electron chi connectivity index (χ3n) is 4.27. The second-order valence-corrected chi connectivity index (χ2v) is 7.36. The Balaban J connectivity index is 2.16. The molecule has 3 aromatic rings. The minimum Gasteiger partial charge on any atom is -0.494 e. The summed E-state index contributed by atoms with van der Waals surface area (Å²) in [6.07, 6.45) is 0. The van der Waals surface area contributed by atoms with E-state index in [4.69, 9.17) is 16.2 Å². The first-order valence-corrected chi connectivity index (χ1v) is 9.39. The zero-order chi connectivity index (χ0) is 19.7. The zero-order valence-electron chi connectivity index (χ0n) is 15.4. The molecule has 0 unspecified atom stereocenters. The van der Waals surface area contributed by atoms with E-state index in [1.165, 1.54) is 11.3 Å². The maximum absolute atomic E-state index is 13.0. The molecule has 0 radical (unpaired) electrons. The summed E-state index contributed by atoms with van der Waals surface area (Å²) in [5.41, 5.74) is 14.2. The van der Waals surface area contributed by atoms with Gasteiger partial charge in [0.15, 0.2) is 0 Å². The quantitative estimate of drug-likeness (QED) is 0.644. The molecule has 0 bridgehead atoms. The van der Waals surface area contributed by atoms with Gasteiger partial charge in [-0.2, -0.15) is 5.26 Å². The Morgan fingerprint density at radius 1 is 1.30 bits per heavy atom. The first-order valence-electron chi connectivity index (χ1n) is 8.58. The van der Waals surface area contributed by atoms with Gasteiger partial charge in [0.1, 0.15) is 27.3 Å². The molecule has 0 aliphatic rings. The molecule has 0 aliphatic carbocycles. The number of fused-ring (bicyclic) bond motifs is 1. The number of carbonyl (C=O) groups excluding carboxylic acids is 1. The molecule has 0 atom stereocenters. The van der Waals surface area contributed by atoms with Crippen LogP contribution in [0.2, 0.25) is 0 Å². The monoisotopic (exact) mass is 380 g/mol. The van der Waals surface area contributed by atoms with Crippen LogP contribution in [-0.2, 0) is 0 Å². The Morgan fingerprint density at radius 2 is 1.96 bits per heavy atom. The van der Waals surface area contributed by atoms with Crippen LogP contribution in [0.25, 0.3) is 10.2 Å². The van der Waals surface area contributed by atoms with Crippen LogP contribution in [0.5, 0.6) is 5.75 Å². The number of ketones is 1. The van der Waals surface area contributed by atoms with Crippen LogP contribution in [0, 0.1) is 11.3 Å². The van der Waals surface area contributed by atoms with Crippen LogP contribution in [-0.4, -0.2) is 17.4 Å². The lowest BCUT2D eigenvalue weighted by molar-refractivity contribution is 0.104. The molecule has 2 aromatic heterocycles. The normalized spacial score (nSPS) is 10.9. The van der Waals surface area contributed by atoms with Gasteiger partial charge in [0.25, 0.3) is 0 Å². The van der Waals surface area contributed by atoms with Crippen LogP contribution in [0.3, 0.4) is 0 Å². The van der Waals surface area contributed by atoms with E-state index in [1.807, 2.05) is 20.8 Å². The molecule has 1 aromatic carbocycles. The van der Waals surface area contributed by atoms with Gasteiger partial charge in [0, 0.05) is 10.9 Å². The van der Waals surface area contributed by atoms with Crippen molar-refractivity contribution in [3.8, 4) is 11.8 Å². The Hall–Kier alpha value is -3.11. The molecule has 138 valence electrons. The summed E-state index contributed by atoms with van der Waals surface area (Å²) >= 11 is 1.20. The molecule has 27 heavy (non-hydrogen) atoms. The van der Waals surface area contributed by atoms with Crippen molar-refractivity contribution in [2.45, 2.75) is 26.7 Å². The Morgan fingerprint density at radius 3 is 2.52 bits per heavy atom. The number of anilines is 2. The lowest BCUT2D eigenvalue weighted by atomic mass is 9.94. The van der Waals surface area contributed by atoms with E-state index in [-0.39, 0.29) is 17.5 Å². The molecule has 3 rings (SSSR count). The number of hydrogen-bond acceptors (Lipinski definition) is 7. The highest BCUT2D eigenvalue weighted by Crippen LogP contribution is 2.41. The summed E-state index contributed by atoms with van der Waals surface area (Å²) in [4.78, 5) is 18.3. The zero-order valence-corrected chi connectivity index (χ0v) is 16.2. The van der Waals surface area contributed by atoms with E-state index in [9.17, 15) is 10.1 Å². The molecule has 0 amide bonds. The highest BCUT2D eigenvalue weighted by Gasteiger charge is 2.25. The largest absolute Gasteiger partial charge is 0.494 e. The Labute approximate surface area is 161 Å². The number of rotatable bonds is 5. The molecule has 0 fully saturated rings. The molecule has 0 aliphatic heterocycles. The van der Waals surface area contributed by atoms with Gasteiger partial charge >= 0.3 is 0 Å². The fraction of sp³-hybridized carbons (Fsp3) is 0.250. The van der Waals surface area contributed by atoms with Gasteiger partial charge in [0.2, 0.25) is 5.78 Å². The van der Waals surface area contributed by atoms with Crippen molar-refractivity contribution in [3.05, 3.63) is 45.8 Å². The number of pyridine rings is 1. The second-order valence-electron chi connectivity index (χ2n) is 6.36. The molecule has 0 saturated carbocycles. The summed E-state index contributed by atoms with van der Waals surface area (Å²) in [7, 11) is 0. The van der Waals surface area contributed by atoms with Gasteiger partial charge < -0.3 is 16.2 Å². The maximum Gasteiger partial charge on any atom is 0.205 e. The number of nitriles is 1. The van der Waals surface area contributed by atoms with Crippen molar-refractivity contribution >= 4 is 38.8 Å². The van der Waals surface area contributed by atoms with Crippen molar-refractivity contribution < 1.29 is 9.53 Å². The van der Waals surface area contributed by atoms with E-state index < -0.39 is 0 Å². The highest BCUT2D eigenvalue weighted by atomic mass is 32.1. The van der Waals surface area contributed by atoms with E-state index in [1.54, 1.807) is 24.3 Å². The van der Waals surface area contributed by atoms with E-state index >= 15 is 0 Å². The van der Waals surface area contributed by atoms with Gasteiger partial charge in [-0.15, -0.1) is 11.3 Å². The molecular formula is C20H20N4O2S. The minimum atomic E-state index is -0.190. The molecule has 6 nitrogen and oxygen atoms in total. The van der Waals surface area contributed by atoms with Gasteiger partial charge in [0.05, 0.1) is 17.9 Å². The number of nitrogen functional groups attached to an aromatic ring is 2. The number of thiophene rings is 1. The van der Waals surface area contributed by atoms with Crippen molar-refractivity contribution in [1.82, 2.24) is 4.98 Å². The summed E-state index contributed by atoms with van der Waals surface area (Å²) in [6, 6.07) is 9.05. The number of ether oxygens (including phenoxy) is 1. The number of benzene rings is 1. The summed E-state index contributed by atoms with van der Waals surface area (Å²) in [5, 5.41) is 10.1. The van der Waals surface area contributed by atoms with Crippen LogP contribution in [0.1, 0.15) is 53.1 Å². The second kappa shape index (κ2) is 7.25. The van der Waals surface area contributed by atoms with Gasteiger partial charge in [-0.25, -0.2) is 4.98 Å². The maximum atomic E-state index is 13.0. The first kappa shape index (κ1) is 18.7. The molecule has 0 saturated heterocycles. The SMILES string of the molecule is CCOc1ccc(C(=O)c2sc3nc(N)c(C#N)c(C(C)C)c3c2N)cc1. The standard InChI is InChI=1S/C20H20N4O2S/c1-4-26-12-7-5-11(6-8-12)17(25)18-16(22)15-14(10(2)3)13(9-21)19(23)24-20(15)27-18/h5-8,10H,4,22H2,1-3H3,(H2,23,24). The predicted octanol–water partition coefficient (Wildman–Crippen LogP) is 4.09. The Kier molecular flexibility index (Phi) is 5.02. The van der Waals surface area contributed by atoms with Crippen LogP contribution in [0.15, 0.2) is 24.3 Å². The van der Waals surface area contributed by atoms with Crippen LogP contribution < -0.4 is 16.2 Å². The minimum absolute atomic E-state index is 0.0118. The molecular weight excluding hydrogens is 360 g/mol. The van der Waals surface area contributed by atoms with Crippen LogP contribution >= 0.6 is 11.3 Å². The number of aromatic nitrogens is 1. The van der Waals surface area contributed by atoms with E-state index in [0.29, 0.717) is 44.3 Å². The fourth-order valence-electron chi connectivity index (χ4n) is 3.06. The van der Waals surface area contributed by atoms with Crippen molar-refractivity contribution in [2.75, 3.05) is 18.1 Å². The molecule has 4 N–H and O–H groups in total. The fourth-order valence-corrected chi connectivity index (χ4v) is 4.14. The van der Waals surface area contributed by atoms with E-state index in [0.717, 1.165) is 5.56 Å². The van der Waals surface area contributed by atoms with Crippen molar-refractivity contribution in [2.24, 2.45) is 0 Å². The van der Waals surface area contributed by atoms with Gasteiger partial charge in [-0.3, -0.25) is 4.79 Å². The third kappa shape index (κ3) is 3.20. The van der Waals surface area contributed by atoms with Gasteiger partial charge in [-0.05, 0) is 42.7 Å². The first-order chi connectivity index (χ1) is 12.9. The van der Waals surface area contributed by atoms with Crippen molar-refractivity contribution in [3.63, 3.8) is 0 Å². The van der Waals surface area contributed by atoms with E-state index in [2.05, 4.69) is 11.1 Å². The van der Waals surface area contributed by atoms with Crippen LogP contribution in [0.4, 0.5) is 11.5 Å². The topological polar surface area (TPSA) is 115 Å². The third-order valence-corrected chi connectivity index (χ3v) is 5.36. The predicted molar refractivity (Wildman–Crippen MR) is 108 cm³/mol. The summed E-state index contributed by atoms with van der Waals surface area (Å²) in [6.45, 7) is 6.38. The van der Waals surface area contributed by atoms with Crippen molar-refractivity contribution in [1.29, 1.82) is 5.26 Å².